The first-order valence-corrected chi connectivity index (χ1v) is 2.02. The molecule has 0 unspecified atom stereocenters. The molecule has 0 bridgehead atoms. The van der Waals surface area contributed by atoms with Gasteiger partial charge < -0.3 is 4.74 Å². The highest BCUT2D eigenvalue weighted by molar-refractivity contribution is 5.82. The van der Waals surface area contributed by atoms with Crippen LogP contribution in [0.4, 0.5) is 0 Å². The van der Waals surface area contributed by atoms with Gasteiger partial charge in [0.05, 0.1) is 7.11 Å². The Morgan fingerprint density at radius 3 is 2.88 bits per heavy atom. The Hall–Kier alpha value is -1.23. The fourth-order valence-electron chi connectivity index (χ4n) is 0.184. The standard InChI is InChI=1S/C6H6O2/c1-3-4-5-6(7)8-2/h1,4-5H,2H3. The summed E-state index contributed by atoms with van der Waals surface area (Å²) in [6.07, 6.45) is 7.25. The Bertz CT molecular complexity index is 139. The zero-order valence-corrected chi connectivity index (χ0v) is 4.55. The lowest BCUT2D eigenvalue weighted by molar-refractivity contribution is -0.134. The molecule has 2 heteroatoms. The summed E-state index contributed by atoms with van der Waals surface area (Å²) in [5.41, 5.74) is 0. The van der Waals surface area contributed by atoms with E-state index in [0.29, 0.717) is 0 Å². The molecule has 0 aliphatic heterocycles. The minimum absolute atomic E-state index is 0.428. The second-order valence-electron chi connectivity index (χ2n) is 1.02. The molecule has 42 valence electrons. The van der Waals surface area contributed by atoms with Crippen molar-refractivity contribution in [3.05, 3.63) is 12.2 Å². The number of hydrogen-bond acceptors (Lipinski definition) is 2. The number of esters is 1. The van der Waals surface area contributed by atoms with Crippen LogP contribution in [0, 0.1) is 12.3 Å². The third-order valence-electron chi connectivity index (χ3n) is 0.517. The van der Waals surface area contributed by atoms with Crippen LogP contribution >= 0.6 is 0 Å². The molecule has 0 aliphatic rings. The lowest BCUT2D eigenvalue weighted by Gasteiger charge is -1.84. The second kappa shape index (κ2) is 3.94. The predicted octanol–water partition coefficient (Wildman–Crippen LogP) is 0.349. The van der Waals surface area contributed by atoms with Crippen LogP contribution in [0.2, 0.25) is 0 Å². The number of carbonyl (C=O) groups excluding carboxylic acids is 1. The number of rotatable bonds is 1. The molecule has 0 aromatic rings. The molecule has 0 fully saturated rings. The molecule has 2 nitrogen and oxygen atoms in total. The van der Waals surface area contributed by atoms with Gasteiger partial charge in [0, 0.05) is 6.08 Å². The predicted molar refractivity (Wildman–Crippen MR) is 30.0 cm³/mol. The van der Waals surface area contributed by atoms with Gasteiger partial charge in [-0.3, -0.25) is 0 Å². The SMILES string of the molecule is C#CC=CC(=O)OC. The number of carbonyl (C=O) groups is 1. The molecule has 0 saturated heterocycles. The van der Waals surface area contributed by atoms with E-state index >= 15 is 0 Å². The molecule has 0 atom stereocenters. The van der Waals surface area contributed by atoms with Crippen molar-refractivity contribution in [2.75, 3.05) is 7.11 Å². The fourth-order valence-corrected chi connectivity index (χ4v) is 0.184. The number of terminal acetylenes is 1. The van der Waals surface area contributed by atoms with Gasteiger partial charge in [0.15, 0.2) is 0 Å². The lowest BCUT2D eigenvalue weighted by atomic mass is 10.5. The Morgan fingerprint density at radius 1 is 1.88 bits per heavy atom. The summed E-state index contributed by atoms with van der Waals surface area (Å²) in [5, 5.41) is 0. The Balaban J connectivity index is 3.57. The maximum absolute atomic E-state index is 10.2. The number of allylic oxidation sites excluding steroid dienone is 1. The molecule has 0 heterocycles. The monoisotopic (exact) mass is 110 g/mol. The van der Waals surface area contributed by atoms with E-state index in [1.807, 2.05) is 0 Å². The summed E-state index contributed by atoms with van der Waals surface area (Å²) >= 11 is 0. The average molecular weight is 110 g/mol. The van der Waals surface area contributed by atoms with Crippen LogP contribution in [-0.4, -0.2) is 13.1 Å². The van der Waals surface area contributed by atoms with Crippen LogP contribution in [0.25, 0.3) is 0 Å². The van der Waals surface area contributed by atoms with Gasteiger partial charge >= 0.3 is 5.97 Å². The van der Waals surface area contributed by atoms with E-state index in [4.69, 9.17) is 6.42 Å². The van der Waals surface area contributed by atoms with Crippen molar-refractivity contribution >= 4 is 5.97 Å². The van der Waals surface area contributed by atoms with Gasteiger partial charge in [0.1, 0.15) is 0 Å². The molecule has 0 saturated carbocycles. The van der Waals surface area contributed by atoms with E-state index < -0.39 is 5.97 Å². The zero-order valence-electron chi connectivity index (χ0n) is 4.55. The summed E-state index contributed by atoms with van der Waals surface area (Å²) in [6, 6.07) is 0. The van der Waals surface area contributed by atoms with Gasteiger partial charge in [-0.2, -0.15) is 0 Å². The van der Waals surface area contributed by atoms with E-state index in [2.05, 4.69) is 10.7 Å². The van der Waals surface area contributed by atoms with Crippen LogP contribution < -0.4 is 0 Å². The van der Waals surface area contributed by atoms with Crippen LogP contribution in [0.15, 0.2) is 12.2 Å². The fraction of sp³-hybridized carbons (Fsp3) is 0.167. The lowest BCUT2D eigenvalue weighted by Crippen LogP contribution is -1.92. The molecular weight excluding hydrogens is 104 g/mol. The van der Waals surface area contributed by atoms with Crippen molar-refractivity contribution in [1.29, 1.82) is 0 Å². The van der Waals surface area contributed by atoms with Gasteiger partial charge in [0.2, 0.25) is 0 Å². The molecule has 0 spiro atoms. The highest BCUT2D eigenvalue weighted by Crippen LogP contribution is 1.74. The Labute approximate surface area is 48.1 Å². The average Bonchev–Trinajstić information content (AvgIpc) is 1.83. The maximum Gasteiger partial charge on any atom is 0.331 e. The summed E-state index contributed by atoms with van der Waals surface area (Å²) in [4.78, 5) is 10.2. The van der Waals surface area contributed by atoms with Crippen molar-refractivity contribution in [3.63, 3.8) is 0 Å². The van der Waals surface area contributed by atoms with E-state index in [1.54, 1.807) is 0 Å². The largest absolute Gasteiger partial charge is 0.466 e. The van der Waals surface area contributed by atoms with Crippen LogP contribution in [0.5, 0.6) is 0 Å². The molecule has 0 aromatic carbocycles. The molecule has 8 heavy (non-hydrogen) atoms. The van der Waals surface area contributed by atoms with Gasteiger partial charge in [-0.05, 0) is 6.08 Å². The molecule has 0 aliphatic carbocycles. The molecule has 0 rings (SSSR count). The molecular formula is C6H6O2. The summed E-state index contributed by atoms with van der Waals surface area (Å²) in [7, 11) is 1.29. The highest BCUT2D eigenvalue weighted by Gasteiger charge is 1.85. The van der Waals surface area contributed by atoms with Gasteiger partial charge in [0.25, 0.3) is 0 Å². The normalized spacial score (nSPS) is 8.50. The van der Waals surface area contributed by atoms with Crippen molar-refractivity contribution in [1.82, 2.24) is 0 Å². The minimum atomic E-state index is -0.428. The van der Waals surface area contributed by atoms with E-state index in [0.717, 1.165) is 0 Å². The summed E-state index contributed by atoms with van der Waals surface area (Å²) in [5.74, 6) is 1.72. The first-order chi connectivity index (χ1) is 3.81. The third-order valence-corrected chi connectivity index (χ3v) is 0.517. The minimum Gasteiger partial charge on any atom is -0.466 e. The first kappa shape index (κ1) is 6.77. The summed E-state index contributed by atoms with van der Waals surface area (Å²) < 4.78 is 4.23. The van der Waals surface area contributed by atoms with E-state index in [1.165, 1.54) is 19.3 Å². The Kier molecular flexibility index (Phi) is 3.34. The number of hydrogen-bond donors (Lipinski definition) is 0. The number of ether oxygens (including phenoxy) is 1. The van der Waals surface area contributed by atoms with Crippen molar-refractivity contribution in [2.45, 2.75) is 0 Å². The van der Waals surface area contributed by atoms with Crippen LogP contribution in [0.1, 0.15) is 0 Å². The van der Waals surface area contributed by atoms with Crippen molar-refractivity contribution < 1.29 is 9.53 Å². The summed E-state index contributed by atoms with van der Waals surface area (Å²) in [6.45, 7) is 0. The highest BCUT2D eigenvalue weighted by atomic mass is 16.5. The van der Waals surface area contributed by atoms with E-state index in [-0.39, 0.29) is 0 Å². The van der Waals surface area contributed by atoms with Crippen LogP contribution in [0.3, 0.4) is 0 Å². The van der Waals surface area contributed by atoms with Crippen LogP contribution in [-0.2, 0) is 9.53 Å². The Morgan fingerprint density at radius 2 is 2.50 bits per heavy atom. The topological polar surface area (TPSA) is 26.3 Å². The first-order valence-electron chi connectivity index (χ1n) is 2.02. The number of methoxy groups -OCH3 is 1. The van der Waals surface area contributed by atoms with Crippen molar-refractivity contribution in [3.8, 4) is 12.3 Å². The van der Waals surface area contributed by atoms with Gasteiger partial charge in [-0.15, -0.1) is 6.42 Å². The molecule has 0 N–H and O–H groups in total. The maximum atomic E-state index is 10.2. The quantitative estimate of drug-likeness (QED) is 0.276. The second-order valence-corrected chi connectivity index (χ2v) is 1.02. The van der Waals surface area contributed by atoms with Gasteiger partial charge in [-0.25, -0.2) is 4.79 Å². The molecule has 0 radical (unpaired) electrons. The zero-order chi connectivity index (χ0) is 6.41. The van der Waals surface area contributed by atoms with E-state index in [9.17, 15) is 4.79 Å². The van der Waals surface area contributed by atoms with Crippen molar-refractivity contribution in [2.24, 2.45) is 0 Å². The molecule has 0 amide bonds. The smallest absolute Gasteiger partial charge is 0.331 e. The van der Waals surface area contributed by atoms with Gasteiger partial charge in [-0.1, -0.05) is 5.92 Å². The third kappa shape index (κ3) is 2.98. The molecule has 0 aromatic heterocycles.